The molecule has 2 aromatic rings. The Labute approximate surface area is 94.2 Å². The van der Waals surface area contributed by atoms with E-state index in [4.69, 9.17) is 0 Å². The lowest BCUT2D eigenvalue weighted by Gasteiger charge is -2.00. The molecule has 0 aliphatic heterocycles. The molecule has 2 heterocycles. The normalized spacial score (nSPS) is 10.1. The molecule has 80 valence electrons. The van der Waals surface area contributed by atoms with Crippen LogP contribution in [-0.4, -0.2) is 15.8 Å². The van der Waals surface area contributed by atoms with Crippen LogP contribution in [0.2, 0.25) is 0 Å². The van der Waals surface area contributed by atoms with Crippen molar-refractivity contribution in [3.63, 3.8) is 0 Å². The predicted molar refractivity (Wildman–Crippen MR) is 61.2 cm³/mol. The summed E-state index contributed by atoms with van der Waals surface area (Å²) in [4.78, 5) is 20.0. The fraction of sp³-hybridized carbons (Fsp3) is 0.154. The zero-order valence-electron chi connectivity index (χ0n) is 9.05. The molecule has 0 unspecified atom stereocenters. The second-order valence-electron chi connectivity index (χ2n) is 3.64. The van der Waals surface area contributed by atoms with Gasteiger partial charge < -0.3 is 0 Å². The van der Waals surface area contributed by atoms with Crippen molar-refractivity contribution in [1.82, 2.24) is 9.97 Å². The van der Waals surface area contributed by atoms with Crippen LogP contribution >= 0.6 is 0 Å². The zero-order chi connectivity index (χ0) is 11.4. The minimum atomic E-state index is -0.00282. The van der Waals surface area contributed by atoms with E-state index >= 15 is 0 Å². The molecule has 0 saturated heterocycles. The minimum Gasteiger partial charge on any atom is -0.292 e. The number of ketones is 1. The van der Waals surface area contributed by atoms with Gasteiger partial charge in [0.15, 0.2) is 5.78 Å². The van der Waals surface area contributed by atoms with Gasteiger partial charge in [-0.25, -0.2) is 0 Å². The van der Waals surface area contributed by atoms with E-state index in [9.17, 15) is 4.79 Å². The van der Waals surface area contributed by atoms with Crippen molar-refractivity contribution in [3.05, 3.63) is 59.7 Å². The molecule has 0 aliphatic carbocycles. The molecule has 0 atom stereocenters. The summed E-state index contributed by atoms with van der Waals surface area (Å²) in [7, 11) is 0. The van der Waals surface area contributed by atoms with E-state index in [1.165, 1.54) is 0 Å². The van der Waals surface area contributed by atoms with Gasteiger partial charge in [0.2, 0.25) is 0 Å². The molecule has 0 radical (unpaired) electrons. The molecule has 0 amide bonds. The highest BCUT2D eigenvalue weighted by Gasteiger charge is 2.08. The van der Waals surface area contributed by atoms with Crippen LogP contribution in [0.25, 0.3) is 0 Å². The summed E-state index contributed by atoms with van der Waals surface area (Å²) >= 11 is 0. The molecule has 2 rings (SSSR count). The van der Waals surface area contributed by atoms with Gasteiger partial charge in [0, 0.05) is 18.1 Å². The maximum absolute atomic E-state index is 11.8. The van der Waals surface area contributed by atoms with Crippen LogP contribution in [-0.2, 0) is 6.42 Å². The van der Waals surface area contributed by atoms with E-state index in [2.05, 4.69) is 9.97 Å². The van der Waals surface area contributed by atoms with E-state index in [0.29, 0.717) is 12.1 Å². The van der Waals surface area contributed by atoms with E-state index in [1.807, 2.05) is 25.1 Å². The van der Waals surface area contributed by atoms with E-state index in [0.717, 1.165) is 11.3 Å². The van der Waals surface area contributed by atoms with Gasteiger partial charge in [-0.2, -0.15) is 0 Å². The first kappa shape index (κ1) is 10.5. The monoisotopic (exact) mass is 212 g/mol. The number of hydrogen-bond donors (Lipinski definition) is 0. The SMILES string of the molecule is Cc1ccc(CC(=O)c2ccccn2)nc1. The standard InChI is InChI=1S/C13H12N2O/c1-10-5-6-11(15-9-10)8-13(16)12-4-2-3-7-14-12/h2-7,9H,8H2,1H3. The predicted octanol–water partition coefficient (Wildman–Crippen LogP) is 2.21. The molecule has 16 heavy (non-hydrogen) atoms. The Balaban J connectivity index is 2.11. The number of Topliss-reactive ketones (excluding diaryl/α,β-unsaturated/α-hetero) is 1. The van der Waals surface area contributed by atoms with Crippen molar-refractivity contribution < 1.29 is 4.79 Å². The number of rotatable bonds is 3. The molecule has 3 heteroatoms. The third kappa shape index (κ3) is 2.51. The Morgan fingerprint density at radius 2 is 2.06 bits per heavy atom. The summed E-state index contributed by atoms with van der Waals surface area (Å²) in [5.74, 6) is -0.00282. The van der Waals surface area contributed by atoms with Crippen molar-refractivity contribution in [2.24, 2.45) is 0 Å². The smallest absolute Gasteiger partial charge is 0.187 e. The third-order valence-corrected chi connectivity index (χ3v) is 2.26. The second kappa shape index (κ2) is 4.66. The summed E-state index contributed by atoms with van der Waals surface area (Å²) in [6.07, 6.45) is 3.69. The van der Waals surface area contributed by atoms with Crippen molar-refractivity contribution in [2.45, 2.75) is 13.3 Å². The summed E-state index contributed by atoms with van der Waals surface area (Å²) in [6, 6.07) is 9.14. The number of aryl methyl sites for hydroxylation is 1. The number of hydrogen-bond acceptors (Lipinski definition) is 3. The highest BCUT2D eigenvalue weighted by molar-refractivity contribution is 5.95. The average Bonchev–Trinajstić information content (AvgIpc) is 2.33. The van der Waals surface area contributed by atoms with Crippen LogP contribution in [0.1, 0.15) is 21.7 Å². The number of carbonyl (C=O) groups is 1. The minimum absolute atomic E-state index is 0.00282. The Kier molecular flexibility index (Phi) is 3.05. The molecule has 3 nitrogen and oxygen atoms in total. The van der Waals surface area contributed by atoms with Gasteiger partial charge in [-0.15, -0.1) is 0 Å². The maximum atomic E-state index is 11.8. The van der Waals surface area contributed by atoms with Crippen LogP contribution in [0.5, 0.6) is 0 Å². The molecular weight excluding hydrogens is 200 g/mol. The molecule has 0 spiro atoms. The molecule has 2 aromatic heterocycles. The Hall–Kier alpha value is -2.03. The highest BCUT2D eigenvalue weighted by Crippen LogP contribution is 2.04. The fourth-order valence-electron chi connectivity index (χ4n) is 1.39. The lowest BCUT2D eigenvalue weighted by atomic mass is 10.1. The van der Waals surface area contributed by atoms with Crippen LogP contribution in [0.3, 0.4) is 0 Å². The van der Waals surface area contributed by atoms with Crippen LogP contribution in [0.4, 0.5) is 0 Å². The third-order valence-electron chi connectivity index (χ3n) is 2.26. The summed E-state index contributed by atoms with van der Waals surface area (Å²) in [5, 5.41) is 0. The first-order chi connectivity index (χ1) is 7.75. The lowest BCUT2D eigenvalue weighted by Crippen LogP contribution is -2.06. The Bertz CT molecular complexity index is 477. The van der Waals surface area contributed by atoms with Gasteiger partial charge in [0.1, 0.15) is 5.69 Å². The summed E-state index contributed by atoms with van der Waals surface area (Å²) < 4.78 is 0. The fourth-order valence-corrected chi connectivity index (χ4v) is 1.39. The van der Waals surface area contributed by atoms with Gasteiger partial charge in [-0.1, -0.05) is 12.1 Å². The van der Waals surface area contributed by atoms with Gasteiger partial charge >= 0.3 is 0 Å². The second-order valence-corrected chi connectivity index (χ2v) is 3.64. The van der Waals surface area contributed by atoms with Crippen LogP contribution < -0.4 is 0 Å². The van der Waals surface area contributed by atoms with Crippen LogP contribution in [0, 0.1) is 6.92 Å². The molecule has 0 bridgehead atoms. The molecule has 0 aliphatic rings. The van der Waals surface area contributed by atoms with Crippen molar-refractivity contribution in [3.8, 4) is 0 Å². The van der Waals surface area contributed by atoms with Gasteiger partial charge in [0.25, 0.3) is 0 Å². The van der Waals surface area contributed by atoms with E-state index < -0.39 is 0 Å². The van der Waals surface area contributed by atoms with Gasteiger partial charge in [0.05, 0.1) is 6.42 Å². The summed E-state index contributed by atoms with van der Waals surface area (Å²) in [6.45, 7) is 1.97. The largest absolute Gasteiger partial charge is 0.292 e. The molecular formula is C13H12N2O. The summed E-state index contributed by atoms with van der Waals surface area (Å²) in [5.41, 5.74) is 2.36. The molecule has 0 aromatic carbocycles. The average molecular weight is 212 g/mol. The molecule has 0 saturated carbocycles. The van der Waals surface area contributed by atoms with E-state index in [1.54, 1.807) is 24.5 Å². The number of carbonyl (C=O) groups excluding carboxylic acids is 1. The topological polar surface area (TPSA) is 42.9 Å². The lowest BCUT2D eigenvalue weighted by molar-refractivity contribution is 0.0987. The maximum Gasteiger partial charge on any atom is 0.187 e. The van der Waals surface area contributed by atoms with Gasteiger partial charge in [-0.05, 0) is 30.7 Å². The van der Waals surface area contributed by atoms with Crippen LogP contribution in [0.15, 0.2) is 42.7 Å². The number of nitrogens with zero attached hydrogens (tertiary/aromatic N) is 2. The first-order valence-corrected chi connectivity index (χ1v) is 5.11. The molecule has 0 N–H and O–H groups in total. The van der Waals surface area contributed by atoms with E-state index in [-0.39, 0.29) is 5.78 Å². The van der Waals surface area contributed by atoms with Gasteiger partial charge in [-0.3, -0.25) is 14.8 Å². The van der Waals surface area contributed by atoms with Crippen molar-refractivity contribution >= 4 is 5.78 Å². The van der Waals surface area contributed by atoms with Crippen molar-refractivity contribution in [1.29, 1.82) is 0 Å². The number of aromatic nitrogens is 2. The quantitative estimate of drug-likeness (QED) is 0.732. The highest BCUT2D eigenvalue weighted by atomic mass is 16.1. The zero-order valence-corrected chi connectivity index (χ0v) is 9.05. The van der Waals surface area contributed by atoms with Crippen molar-refractivity contribution in [2.75, 3.05) is 0 Å². The first-order valence-electron chi connectivity index (χ1n) is 5.11. The number of pyridine rings is 2. The Morgan fingerprint density at radius 1 is 1.19 bits per heavy atom. The molecule has 0 fully saturated rings. The Morgan fingerprint density at radius 3 is 2.69 bits per heavy atom.